The maximum atomic E-state index is 6.11. The van der Waals surface area contributed by atoms with E-state index in [1.165, 1.54) is 12.7 Å². The highest BCUT2D eigenvalue weighted by Gasteiger charge is 2.35. The first kappa shape index (κ1) is 24.6. The van der Waals surface area contributed by atoms with Gasteiger partial charge < -0.3 is 15.4 Å². The molecule has 1 saturated heterocycles. The summed E-state index contributed by atoms with van der Waals surface area (Å²) in [6.45, 7) is 12.0. The summed E-state index contributed by atoms with van der Waals surface area (Å²) in [6, 6.07) is 8.22. The van der Waals surface area contributed by atoms with Gasteiger partial charge in [-0.3, -0.25) is 5.10 Å². The third kappa shape index (κ3) is 6.94. The van der Waals surface area contributed by atoms with Gasteiger partial charge in [0.25, 0.3) is 0 Å². The Morgan fingerprint density at radius 3 is 2.83 bits per heavy atom. The molecule has 2 atom stereocenters. The van der Waals surface area contributed by atoms with E-state index in [2.05, 4.69) is 65.6 Å². The number of aliphatic imine (C=N–C) groups is 1. The number of H-pyrrole nitrogens is 1. The smallest absolute Gasteiger partial charge is 0.191 e. The van der Waals surface area contributed by atoms with Gasteiger partial charge in [0.1, 0.15) is 6.33 Å². The van der Waals surface area contributed by atoms with Crippen LogP contribution in [0.3, 0.4) is 0 Å². The standard InChI is InChI=1S/C22H34N6O.HI/c1-5-23-21(25-14-18-10-7-11-29-19(18)22(2,3)4)24-13-16-8-6-9-17(12-16)20-26-15-27-28-20;/h6,8-9,12,15,18-19H,5,7,10-11,13-14H2,1-4H3,(H2,23,24,25)(H,26,27,28);1H. The lowest BCUT2D eigenvalue weighted by atomic mass is 9.78. The molecule has 0 bridgehead atoms. The number of nitrogens with one attached hydrogen (secondary N) is 3. The van der Waals surface area contributed by atoms with Crippen LogP contribution in [0.15, 0.2) is 35.6 Å². The lowest BCUT2D eigenvalue weighted by molar-refractivity contribution is -0.0835. The molecule has 0 spiro atoms. The van der Waals surface area contributed by atoms with Crippen LogP contribution < -0.4 is 10.6 Å². The number of halogens is 1. The van der Waals surface area contributed by atoms with E-state index in [1.54, 1.807) is 0 Å². The Labute approximate surface area is 196 Å². The average molecular weight is 526 g/mol. The minimum Gasteiger partial charge on any atom is -0.377 e. The molecule has 30 heavy (non-hydrogen) atoms. The topological polar surface area (TPSA) is 87.2 Å². The minimum absolute atomic E-state index is 0. The van der Waals surface area contributed by atoms with Gasteiger partial charge in [0, 0.05) is 31.2 Å². The van der Waals surface area contributed by atoms with Crippen molar-refractivity contribution in [1.29, 1.82) is 0 Å². The molecular formula is C22H35IN6O. The lowest BCUT2D eigenvalue weighted by Crippen LogP contribution is -2.47. The second-order valence-corrected chi connectivity index (χ2v) is 8.67. The third-order valence-corrected chi connectivity index (χ3v) is 5.21. The highest BCUT2D eigenvalue weighted by Crippen LogP contribution is 2.33. The highest BCUT2D eigenvalue weighted by molar-refractivity contribution is 14.0. The van der Waals surface area contributed by atoms with Crippen molar-refractivity contribution in [2.24, 2.45) is 16.3 Å². The minimum atomic E-state index is 0. The molecule has 0 amide bonds. The van der Waals surface area contributed by atoms with Gasteiger partial charge in [-0.05, 0) is 36.8 Å². The first-order valence-electron chi connectivity index (χ1n) is 10.6. The van der Waals surface area contributed by atoms with Crippen LogP contribution in [0.1, 0.15) is 46.1 Å². The van der Waals surface area contributed by atoms with Crippen molar-refractivity contribution in [3.8, 4) is 11.4 Å². The molecule has 0 aliphatic carbocycles. The maximum absolute atomic E-state index is 6.11. The van der Waals surface area contributed by atoms with Crippen molar-refractivity contribution < 1.29 is 4.74 Å². The van der Waals surface area contributed by atoms with E-state index in [-0.39, 0.29) is 35.5 Å². The van der Waals surface area contributed by atoms with Gasteiger partial charge in [-0.15, -0.1) is 24.0 Å². The molecule has 3 N–H and O–H groups in total. The summed E-state index contributed by atoms with van der Waals surface area (Å²) in [6.07, 6.45) is 4.10. The Hall–Kier alpha value is -1.68. The predicted molar refractivity (Wildman–Crippen MR) is 132 cm³/mol. The van der Waals surface area contributed by atoms with Gasteiger partial charge >= 0.3 is 0 Å². The second kappa shape index (κ2) is 11.6. The first-order valence-corrected chi connectivity index (χ1v) is 10.6. The molecule has 166 valence electrons. The monoisotopic (exact) mass is 526 g/mol. The first-order chi connectivity index (χ1) is 14.0. The molecule has 0 radical (unpaired) electrons. The molecule has 0 saturated carbocycles. The molecular weight excluding hydrogens is 491 g/mol. The summed E-state index contributed by atoms with van der Waals surface area (Å²) in [5.41, 5.74) is 2.29. The zero-order valence-corrected chi connectivity index (χ0v) is 20.8. The number of hydrogen-bond donors (Lipinski definition) is 3. The van der Waals surface area contributed by atoms with Gasteiger partial charge in [-0.25, -0.2) is 9.98 Å². The molecule has 8 heteroatoms. The number of aromatic amines is 1. The number of benzene rings is 1. The van der Waals surface area contributed by atoms with Gasteiger partial charge in [-0.1, -0.05) is 39.0 Å². The summed E-state index contributed by atoms with van der Waals surface area (Å²) >= 11 is 0. The Balaban J connectivity index is 0.00000320. The number of ether oxygens (including phenoxy) is 1. The second-order valence-electron chi connectivity index (χ2n) is 8.67. The van der Waals surface area contributed by atoms with Gasteiger partial charge in [-0.2, -0.15) is 5.10 Å². The van der Waals surface area contributed by atoms with Crippen LogP contribution in [0.25, 0.3) is 11.4 Å². The summed E-state index contributed by atoms with van der Waals surface area (Å²) in [7, 11) is 0. The largest absolute Gasteiger partial charge is 0.377 e. The summed E-state index contributed by atoms with van der Waals surface area (Å²) in [5, 5.41) is 13.7. The van der Waals surface area contributed by atoms with Crippen molar-refractivity contribution in [3.05, 3.63) is 36.2 Å². The van der Waals surface area contributed by atoms with Gasteiger partial charge in [0.05, 0.1) is 12.6 Å². The summed E-state index contributed by atoms with van der Waals surface area (Å²) in [4.78, 5) is 9.01. The molecule has 1 aliphatic rings. The average Bonchev–Trinajstić information content (AvgIpc) is 3.25. The van der Waals surface area contributed by atoms with E-state index < -0.39 is 0 Å². The Kier molecular flexibility index (Phi) is 9.54. The van der Waals surface area contributed by atoms with Crippen molar-refractivity contribution in [1.82, 2.24) is 25.8 Å². The fourth-order valence-electron chi connectivity index (χ4n) is 3.91. The van der Waals surface area contributed by atoms with Crippen LogP contribution in [0.4, 0.5) is 0 Å². The van der Waals surface area contributed by atoms with E-state index in [9.17, 15) is 0 Å². The van der Waals surface area contributed by atoms with Crippen molar-refractivity contribution in [2.75, 3.05) is 19.7 Å². The molecule has 1 fully saturated rings. The van der Waals surface area contributed by atoms with Crippen molar-refractivity contribution in [2.45, 2.75) is 53.2 Å². The number of nitrogens with zero attached hydrogens (tertiary/aromatic N) is 3. The maximum Gasteiger partial charge on any atom is 0.191 e. The lowest BCUT2D eigenvalue weighted by Gasteiger charge is -2.40. The zero-order chi connectivity index (χ0) is 20.7. The van der Waals surface area contributed by atoms with E-state index >= 15 is 0 Å². The van der Waals surface area contributed by atoms with Crippen LogP contribution >= 0.6 is 24.0 Å². The Morgan fingerprint density at radius 2 is 2.13 bits per heavy atom. The zero-order valence-electron chi connectivity index (χ0n) is 18.4. The van der Waals surface area contributed by atoms with Crippen LogP contribution in [0, 0.1) is 11.3 Å². The van der Waals surface area contributed by atoms with Crippen molar-refractivity contribution >= 4 is 29.9 Å². The molecule has 1 aromatic heterocycles. The number of hydrogen-bond acceptors (Lipinski definition) is 4. The fourth-order valence-corrected chi connectivity index (χ4v) is 3.91. The molecule has 7 nitrogen and oxygen atoms in total. The molecule has 1 aromatic carbocycles. The van der Waals surface area contributed by atoms with Crippen LogP contribution in [0.5, 0.6) is 0 Å². The van der Waals surface area contributed by atoms with E-state index in [1.807, 2.05) is 12.1 Å². The van der Waals surface area contributed by atoms with Crippen LogP contribution in [-0.4, -0.2) is 46.9 Å². The number of rotatable bonds is 6. The highest BCUT2D eigenvalue weighted by atomic mass is 127. The summed E-state index contributed by atoms with van der Waals surface area (Å²) < 4.78 is 6.11. The number of guanidine groups is 1. The SMILES string of the molecule is CCNC(=NCc1cccc(-c2ncn[nH]2)c1)NCC1CCCOC1C(C)(C)C.I. The van der Waals surface area contributed by atoms with Gasteiger partial charge in [0.15, 0.2) is 11.8 Å². The van der Waals surface area contributed by atoms with Crippen LogP contribution in [-0.2, 0) is 11.3 Å². The third-order valence-electron chi connectivity index (χ3n) is 5.21. The summed E-state index contributed by atoms with van der Waals surface area (Å²) in [5.74, 6) is 2.10. The molecule has 2 aromatic rings. The molecule has 2 unspecified atom stereocenters. The Morgan fingerprint density at radius 1 is 1.30 bits per heavy atom. The molecule has 3 rings (SSSR count). The quantitative estimate of drug-likeness (QED) is 0.301. The molecule has 2 heterocycles. The fraction of sp³-hybridized carbons (Fsp3) is 0.591. The molecule has 1 aliphatic heterocycles. The predicted octanol–water partition coefficient (Wildman–Crippen LogP) is 3.99. The van der Waals surface area contributed by atoms with E-state index in [4.69, 9.17) is 9.73 Å². The normalized spacial score (nSPS) is 19.8. The van der Waals surface area contributed by atoms with Crippen LogP contribution in [0.2, 0.25) is 0 Å². The van der Waals surface area contributed by atoms with Gasteiger partial charge in [0.2, 0.25) is 0 Å². The van der Waals surface area contributed by atoms with E-state index in [0.29, 0.717) is 12.5 Å². The number of aromatic nitrogens is 3. The Bertz CT molecular complexity index is 787. The van der Waals surface area contributed by atoms with E-state index in [0.717, 1.165) is 49.0 Å². The van der Waals surface area contributed by atoms with Crippen molar-refractivity contribution in [3.63, 3.8) is 0 Å².